The van der Waals surface area contributed by atoms with Crippen LogP contribution in [0.25, 0.3) is 5.78 Å². The van der Waals surface area contributed by atoms with Crippen molar-refractivity contribution in [2.75, 3.05) is 11.4 Å². The van der Waals surface area contributed by atoms with Crippen LogP contribution in [0.3, 0.4) is 0 Å². The lowest BCUT2D eigenvalue weighted by atomic mass is 10.2. The van der Waals surface area contributed by atoms with Crippen LogP contribution in [0.15, 0.2) is 42.6 Å². The summed E-state index contributed by atoms with van der Waals surface area (Å²) in [6.45, 7) is 4.65. The Kier molecular flexibility index (Phi) is 4.32. The molecule has 6 nitrogen and oxygen atoms in total. The standard InChI is InChI=1S/C17H19N5O/c1-3-4-12-21(14-8-6-5-7-9-14)16(23)15-19-17-18-11-10-13(2)22(17)20-15/h5-11H,3-4,12H2,1-2H3. The van der Waals surface area contributed by atoms with Gasteiger partial charge in [0, 0.05) is 24.1 Å². The topological polar surface area (TPSA) is 63.4 Å². The molecule has 0 fully saturated rings. The fourth-order valence-electron chi connectivity index (χ4n) is 2.39. The average Bonchev–Trinajstić information content (AvgIpc) is 3.02. The van der Waals surface area contributed by atoms with Gasteiger partial charge in [-0.15, -0.1) is 5.10 Å². The number of benzene rings is 1. The first kappa shape index (κ1) is 15.1. The number of para-hydroxylation sites is 1. The molecule has 2 heterocycles. The molecule has 6 heteroatoms. The van der Waals surface area contributed by atoms with Crippen LogP contribution in [0.4, 0.5) is 5.69 Å². The molecule has 3 rings (SSSR count). The summed E-state index contributed by atoms with van der Waals surface area (Å²) in [5.74, 6) is 0.415. The van der Waals surface area contributed by atoms with Crippen LogP contribution in [0.2, 0.25) is 0 Å². The molecule has 2 aromatic heterocycles. The van der Waals surface area contributed by atoms with E-state index in [0.717, 1.165) is 24.2 Å². The summed E-state index contributed by atoms with van der Waals surface area (Å²) in [4.78, 5) is 23.1. The van der Waals surface area contributed by atoms with Gasteiger partial charge >= 0.3 is 0 Å². The number of carbonyl (C=O) groups is 1. The minimum absolute atomic E-state index is 0.173. The molecule has 0 radical (unpaired) electrons. The van der Waals surface area contributed by atoms with E-state index in [-0.39, 0.29) is 11.7 Å². The van der Waals surface area contributed by atoms with Gasteiger partial charge in [-0.05, 0) is 31.5 Å². The average molecular weight is 309 g/mol. The smallest absolute Gasteiger partial charge is 0.298 e. The van der Waals surface area contributed by atoms with E-state index in [0.29, 0.717) is 12.3 Å². The van der Waals surface area contributed by atoms with Gasteiger partial charge in [0.05, 0.1) is 0 Å². The van der Waals surface area contributed by atoms with Crippen LogP contribution in [0, 0.1) is 6.92 Å². The maximum Gasteiger partial charge on any atom is 0.298 e. The van der Waals surface area contributed by atoms with Gasteiger partial charge in [0.2, 0.25) is 5.82 Å². The predicted octanol–water partition coefficient (Wildman–Crippen LogP) is 2.88. The van der Waals surface area contributed by atoms with Crippen molar-refractivity contribution in [3.63, 3.8) is 0 Å². The normalized spacial score (nSPS) is 10.9. The lowest BCUT2D eigenvalue weighted by Crippen LogP contribution is -2.32. The number of amides is 1. The monoisotopic (exact) mass is 309 g/mol. The number of anilines is 1. The summed E-state index contributed by atoms with van der Waals surface area (Å²) < 4.78 is 1.59. The summed E-state index contributed by atoms with van der Waals surface area (Å²) in [5.41, 5.74) is 1.75. The highest BCUT2D eigenvalue weighted by Gasteiger charge is 2.22. The third-order valence-corrected chi connectivity index (χ3v) is 3.67. The maximum absolute atomic E-state index is 12.9. The number of aromatic nitrogens is 4. The molecular formula is C17H19N5O. The number of rotatable bonds is 5. The van der Waals surface area contributed by atoms with Crippen molar-refractivity contribution < 1.29 is 4.79 Å². The highest BCUT2D eigenvalue weighted by molar-refractivity contribution is 6.03. The van der Waals surface area contributed by atoms with E-state index in [9.17, 15) is 4.79 Å². The minimum atomic E-state index is -0.199. The highest BCUT2D eigenvalue weighted by Crippen LogP contribution is 2.17. The second-order valence-electron chi connectivity index (χ2n) is 5.38. The van der Waals surface area contributed by atoms with Crippen molar-refractivity contribution in [2.24, 2.45) is 0 Å². The van der Waals surface area contributed by atoms with Crippen LogP contribution in [-0.2, 0) is 0 Å². The highest BCUT2D eigenvalue weighted by atomic mass is 16.2. The third-order valence-electron chi connectivity index (χ3n) is 3.67. The molecular weight excluding hydrogens is 290 g/mol. The van der Waals surface area contributed by atoms with E-state index in [4.69, 9.17) is 0 Å². The zero-order valence-electron chi connectivity index (χ0n) is 13.3. The molecule has 1 aromatic carbocycles. The van der Waals surface area contributed by atoms with E-state index in [1.807, 2.05) is 43.3 Å². The quantitative estimate of drug-likeness (QED) is 0.727. The molecule has 0 saturated carbocycles. The second-order valence-corrected chi connectivity index (χ2v) is 5.38. The van der Waals surface area contributed by atoms with Gasteiger partial charge in [-0.1, -0.05) is 31.5 Å². The molecule has 118 valence electrons. The number of unbranched alkanes of at least 4 members (excludes halogenated alkanes) is 1. The second kappa shape index (κ2) is 6.56. The van der Waals surface area contributed by atoms with Crippen LogP contribution < -0.4 is 4.90 Å². The number of hydrogen-bond donors (Lipinski definition) is 0. The summed E-state index contributed by atoms with van der Waals surface area (Å²) in [7, 11) is 0. The minimum Gasteiger partial charge on any atom is -0.306 e. The van der Waals surface area contributed by atoms with Crippen LogP contribution in [0.1, 0.15) is 36.1 Å². The van der Waals surface area contributed by atoms with Crippen LogP contribution >= 0.6 is 0 Å². The zero-order valence-corrected chi connectivity index (χ0v) is 13.3. The lowest BCUT2D eigenvalue weighted by molar-refractivity contribution is 0.0977. The fourth-order valence-corrected chi connectivity index (χ4v) is 2.39. The molecule has 3 aromatic rings. The van der Waals surface area contributed by atoms with Crippen molar-refractivity contribution in [2.45, 2.75) is 26.7 Å². The number of hydrogen-bond acceptors (Lipinski definition) is 4. The van der Waals surface area contributed by atoms with Crippen molar-refractivity contribution in [1.29, 1.82) is 0 Å². The Bertz CT molecular complexity index is 812. The van der Waals surface area contributed by atoms with Crippen molar-refractivity contribution >= 4 is 17.4 Å². The zero-order chi connectivity index (χ0) is 16.2. The van der Waals surface area contributed by atoms with E-state index in [1.54, 1.807) is 15.6 Å². The van der Waals surface area contributed by atoms with Crippen molar-refractivity contribution in [1.82, 2.24) is 19.6 Å². The number of carbonyl (C=O) groups excluding carboxylic acids is 1. The molecule has 1 amide bonds. The third kappa shape index (κ3) is 3.06. The van der Waals surface area contributed by atoms with Gasteiger partial charge in [-0.3, -0.25) is 4.79 Å². The first-order valence-electron chi connectivity index (χ1n) is 7.76. The molecule has 0 atom stereocenters. The van der Waals surface area contributed by atoms with Gasteiger partial charge in [-0.25, -0.2) is 9.50 Å². The Labute approximate surface area is 134 Å². The molecule has 0 aliphatic carbocycles. The Morgan fingerprint density at radius 1 is 1.22 bits per heavy atom. The molecule has 0 N–H and O–H groups in total. The molecule has 0 aliphatic heterocycles. The number of fused-ring (bicyclic) bond motifs is 1. The first-order chi connectivity index (χ1) is 11.2. The fraction of sp³-hybridized carbons (Fsp3) is 0.294. The SMILES string of the molecule is CCCCN(C(=O)c1nc2nccc(C)n2n1)c1ccccc1. The van der Waals surface area contributed by atoms with Gasteiger partial charge in [0.1, 0.15) is 0 Å². The summed E-state index contributed by atoms with van der Waals surface area (Å²) in [6.07, 6.45) is 3.60. The Balaban J connectivity index is 1.97. The van der Waals surface area contributed by atoms with Crippen LogP contribution in [-0.4, -0.2) is 32.0 Å². The van der Waals surface area contributed by atoms with Crippen LogP contribution in [0.5, 0.6) is 0 Å². The Morgan fingerprint density at radius 2 is 2.00 bits per heavy atom. The summed E-state index contributed by atoms with van der Waals surface area (Å²) in [5, 5.41) is 4.32. The first-order valence-corrected chi connectivity index (χ1v) is 7.76. The Hall–Kier alpha value is -2.76. The predicted molar refractivity (Wildman–Crippen MR) is 88.5 cm³/mol. The van der Waals surface area contributed by atoms with Gasteiger partial charge < -0.3 is 4.90 Å². The molecule has 0 aliphatic rings. The molecule has 0 spiro atoms. The summed E-state index contributed by atoms with van der Waals surface area (Å²) in [6, 6.07) is 11.5. The van der Waals surface area contributed by atoms with E-state index >= 15 is 0 Å². The van der Waals surface area contributed by atoms with E-state index < -0.39 is 0 Å². The number of nitrogens with zero attached hydrogens (tertiary/aromatic N) is 5. The van der Waals surface area contributed by atoms with Gasteiger partial charge in [0.25, 0.3) is 11.7 Å². The van der Waals surface area contributed by atoms with E-state index in [1.165, 1.54) is 0 Å². The molecule has 0 saturated heterocycles. The van der Waals surface area contributed by atoms with E-state index in [2.05, 4.69) is 22.0 Å². The molecule has 0 bridgehead atoms. The molecule has 0 unspecified atom stereocenters. The van der Waals surface area contributed by atoms with Crippen molar-refractivity contribution in [3.05, 3.63) is 54.1 Å². The summed E-state index contributed by atoms with van der Waals surface area (Å²) >= 11 is 0. The largest absolute Gasteiger partial charge is 0.306 e. The number of aryl methyl sites for hydroxylation is 1. The van der Waals surface area contributed by atoms with Gasteiger partial charge in [-0.2, -0.15) is 4.98 Å². The lowest BCUT2D eigenvalue weighted by Gasteiger charge is -2.21. The van der Waals surface area contributed by atoms with Crippen molar-refractivity contribution in [3.8, 4) is 0 Å². The molecule has 23 heavy (non-hydrogen) atoms. The maximum atomic E-state index is 12.9. The van der Waals surface area contributed by atoms with Gasteiger partial charge in [0.15, 0.2) is 0 Å². The Morgan fingerprint density at radius 3 is 2.70 bits per heavy atom.